The van der Waals surface area contributed by atoms with Gasteiger partial charge < -0.3 is 14.8 Å². The van der Waals surface area contributed by atoms with Crippen LogP contribution in [0.5, 0.6) is 11.5 Å². The summed E-state index contributed by atoms with van der Waals surface area (Å²) in [5, 5.41) is 4.53. The third-order valence-corrected chi connectivity index (χ3v) is 4.78. The van der Waals surface area contributed by atoms with Gasteiger partial charge in [-0.05, 0) is 55.3 Å². The lowest BCUT2D eigenvalue weighted by Crippen LogP contribution is -2.03. The molecule has 0 amide bonds. The van der Waals surface area contributed by atoms with Gasteiger partial charge in [0, 0.05) is 11.6 Å². The predicted molar refractivity (Wildman–Crippen MR) is 117 cm³/mol. The summed E-state index contributed by atoms with van der Waals surface area (Å²) in [5.41, 5.74) is 4.26. The van der Waals surface area contributed by atoms with E-state index in [-0.39, 0.29) is 0 Å². The molecular formula is C23H23Cl2NO2. The van der Waals surface area contributed by atoms with Gasteiger partial charge in [0.05, 0.1) is 17.3 Å². The fourth-order valence-electron chi connectivity index (χ4n) is 2.73. The summed E-state index contributed by atoms with van der Waals surface area (Å²) in [5.74, 6) is 1.46. The lowest BCUT2D eigenvalue weighted by molar-refractivity contribution is 0.269. The standard InChI is InChI=1S/C23H23Cl2NO2/c1-3-27-23-12-18(14-26-21-10-9-19(24)13-20(21)25)8-11-22(23)28-15-17-6-4-16(2)5-7-17/h4-13,26H,3,14-15H2,1-2H3. The molecule has 0 aliphatic rings. The van der Waals surface area contributed by atoms with Crippen molar-refractivity contribution in [3.05, 3.63) is 87.4 Å². The lowest BCUT2D eigenvalue weighted by atomic mass is 10.1. The van der Waals surface area contributed by atoms with Crippen molar-refractivity contribution >= 4 is 28.9 Å². The van der Waals surface area contributed by atoms with Crippen molar-refractivity contribution in [1.82, 2.24) is 0 Å². The highest BCUT2D eigenvalue weighted by atomic mass is 35.5. The molecule has 3 rings (SSSR count). The van der Waals surface area contributed by atoms with Crippen molar-refractivity contribution in [3.63, 3.8) is 0 Å². The smallest absolute Gasteiger partial charge is 0.161 e. The molecule has 0 fully saturated rings. The van der Waals surface area contributed by atoms with Crippen molar-refractivity contribution in [2.75, 3.05) is 11.9 Å². The van der Waals surface area contributed by atoms with E-state index >= 15 is 0 Å². The van der Waals surface area contributed by atoms with Gasteiger partial charge >= 0.3 is 0 Å². The van der Waals surface area contributed by atoms with Gasteiger partial charge in [-0.3, -0.25) is 0 Å². The fraction of sp³-hybridized carbons (Fsp3) is 0.217. The van der Waals surface area contributed by atoms with Crippen LogP contribution >= 0.6 is 23.2 Å². The van der Waals surface area contributed by atoms with Crippen LogP contribution in [0, 0.1) is 6.92 Å². The van der Waals surface area contributed by atoms with E-state index in [2.05, 4.69) is 36.5 Å². The van der Waals surface area contributed by atoms with Gasteiger partial charge in [-0.2, -0.15) is 0 Å². The summed E-state index contributed by atoms with van der Waals surface area (Å²) in [6, 6.07) is 19.7. The van der Waals surface area contributed by atoms with Gasteiger partial charge in [0.15, 0.2) is 11.5 Å². The average molecular weight is 416 g/mol. The summed E-state index contributed by atoms with van der Waals surface area (Å²) in [6.45, 7) is 5.71. The van der Waals surface area contributed by atoms with Gasteiger partial charge in [0.1, 0.15) is 6.61 Å². The molecule has 28 heavy (non-hydrogen) atoms. The largest absolute Gasteiger partial charge is 0.490 e. The summed E-state index contributed by atoms with van der Waals surface area (Å²) in [7, 11) is 0. The number of anilines is 1. The molecule has 0 atom stereocenters. The monoisotopic (exact) mass is 415 g/mol. The van der Waals surface area contributed by atoms with Crippen LogP contribution in [0.4, 0.5) is 5.69 Å². The molecule has 0 aliphatic carbocycles. The van der Waals surface area contributed by atoms with Crippen LogP contribution in [0.15, 0.2) is 60.7 Å². The number of hydrogen-bond donors (Lipinski definition) is 1. The maximum Gasteiger partial charge on any atom is 0.161 e. The minimum absolute atomic E-state index is 0.498. The number of benzene rings is 3. The quantitative estimate of drug-likeness (QED) is 0.434. The molecule has 3 nitrogen and oxygen atoms in total. The first-order valence-electron chi connectivity index (χ1n) is 9.18. The van der Waals surface area contributed by atoms with E-state index in [1.807, 2.05) is 37.3 Å². The van der Waals surface area contributed by atoms with Crippen LogP contribution in [-0.4, -0.2) is 6.61 Å². The summed E-state index contributed by atoms with van der Waals surface area (Å²) in [4.78, 5) is 0. The van der Waals surface area contributed by atoms with Crippen LogP contribution in [0.1, 0.15) is 23.6 Å². The molecule has 3 aromatic rings. The first-order valence-corrected chi connectivity index (χ1v) is 9.93. The Hall–Kier alpha value is -2.36. The third kappa shape index (κ3) is 5.57. The molecular weight excluding hydrogens is 393 g/mol. The van der Waals surface area contributed by atoms with E-state index in [1.165, 1.54) is 5.56 Å². The van der Waals surface area contributed by atoms with Gasteiger partial charge in [0.2, 0.25) is 0 Å². The van der Waals surface area contributed by atoms with E-state index in [9.17, 15) is 0 Å². The molecule has 146 valence electrons. The minimum Gasteiger partial charge on any atom is -0.490 e. The van der Waals surface area contributed by atoms with Crippen molar-refractivity contribution < 1.29 is 9.47 Å². The molecule has 0 saturated heterocycles. The maximum atomic E-state index is 6.22. The van der Waals surface area contributed by atoms with Crippen LogP contribution < -0.4 is 14.8 Å². The topological polar surface area (TPSA) is 30.5 Å². The Morgan fingerprint density at radius 1 is 0.821 bits per heavy atom. The van der Waals surface area contributed by atoms with Crippen molar-refractivity contribution in [2.45, 2.75) is 27.0 Å². The second-order valence-electron chi connectivity index (χ2n) is 6.47. The van der Waals surface area contributed by atoms with Crippen molar-refractivity contribution in [3.8, 4) is 11.5 Å². The number of hydrogen-bond acceptors (Lipinski definition) is 3. The summed E-state index contributed by atoms with van der Waals surface area (Å²) >= 11 is 12.2. The van der Waals surface area contributed by atoms with Crippen LogP contribution in [0.3, 0.4) is 0 Å². The molecule has 0 unspecified atom stereocenters. The van der Waals surface area contributed by atoms with E-state index in [4.69, 9.17) is 32.7 Å². The molecule has 1 N–H and O–H groups in total. The van der Waals surface area contributed by atoms with Crippen molar-refractivity contribution in [2.24, 2.45) is 0 Å². The Morgan fingerprint density at radius 3 is 2.29 bits per heavy atom. The Morgan fingerprint density at radius 2 is 1.57 bits per heavy atom. The molecule has 3 aromatic carbocycles. The molecule has 0 saturated carbocycles. The van der Waals surface area contributed by atoms with Crippen LogP contribution in [0.2, 0.25) is 10.0 Å². The SMILES string of the molecule is CCOc1cc(CNc2ccc(Cl)cc2Cl)ccc1OCc1ccc(C)cc1. The first kappa shape index (κ1) is 20.4. The Balaban J connectivity index is 1.68. The Bertz CT molecular complexity index is 926. The zero-order valence-electron chi connectivity index (χ0n) is 16.0. The minimum atomic E-state index is 0.498. The molecule has 5 heteroatoms. The van der Waals surface area contributed by atoms with E-state index in [1.54, 1.807) is 6.07 Å². The molecule has 0 bridgehead atoms. The molecule has 0 spiro atoms. The zero-order chi connectivity index (χ0) is 19.9. The van der Waals surface area contributed by atoms with Gasteiger partial charge in [-0.1, -0.05) is 59.1 Å². The van der Waals surface area contributed by atoms with Crippen molar-refractivity contribution in [1.29, 1.82) is 0 Å². The van der Waals surface area contributed by atoms with E-state index < -0.39 is 0 Å². The number of ether oxygens (including phenoxy) is 2. The highest BCUT2D eigenvalue weighted by Gasteiger charge is 2.08. The highest BCUT2D eigenvalue weighted by Crippen LogP contribution is 2.30. The lowest BCUT2D eigenvalue weighted by Gasteiger charge is -2.15. The normalized spacial score (nSPS) is 10.6. The maximum absolute atomic E-state index is 6.22. The number of aryl methyl sites for hydroxylation is 1. The molecule has 0 aromatic heterocycles. The predicted octanol–water partition coefficient (Wildman–Crippen LogP) is 6.89. The van der Waals surface area contributed by atoms with Crippen LogP contribution in [-0.2, 0) is 13.2 Å². The fourth-order valence-corrected chi connectivity index (χ4v) is 3.20. The highest BCUT2D eigenvalue weighted by molar-refractivity contribution is 6.36. The van der Waals surface area contributed by atoms with Gasteiger partial charge in [0.25, 0.3) is 0 Å². The Labute approximate surface area is 176 Å². The average Bonchev–Trinajstić information content (AvgIpc) is 2.68. The number of rotatable bonds is 8. The van der Waals surface area contributed by atoms with Crippen LogP contribution in [0.25, 0.3) is 0 Å². The second-order valence-corrected chi connectivity index (χ2v) is 7.31. The van der Waals surface area contributed by atoms with E-state index in [0.29, 0.717) is 29.8 Å². The third-order valence-electron chi connectivity index (χ3n) is 4.24. The summed E-state index contributed by atoms with van der Waals surface area (Å²) < 4.78 is 11.8. The molecule has 0 radical (unpaired) electrons. The molecule has 0 heterocycles. The number of halogens is 2. The first-order chi connectivity index (χ1) is 13.5. The van der Waals surface area contributed by atoms with Gasteiger partial charge in [-0.15, -0.1) is 0 Å². The number of nitrogens with one attached hydrogen (secondary N) is 1. The summed E-state index contributed by atoms with van der Waals surface area (Å²) in [6.07, 6.45) is 0. The zero-order valence-corrected chi connectivity index (χ0v) is 17.5. The molecule has 0 aliphatic heterocycles. The second kappa shape index (κ2) is 9.72. The van der Waals surface area contributed by atoms with Gasteiger partial charge in [-0.25, -0.2) is 0 Å². The van der Waals surface area contributed by atoms with E-state index in [0.717, 1.165) is 28.3 Å². The Kier molecular flexibility index (Phi) is 7.07.